The SMILES string of the molecule is Cc1cnc(CN(CCCCSc2nc3ccccc3[nH]2)Cc2nccc3ccccc23)c(C)c1. The molecule has 5 aromatic rings. The van der Waals surface area contributed by atoms with Crippen LogP contribution in [0.3, 0.4) is 0 Å². The lowest BCUT2D eigenvalue weighted by molar-refractivity contribution is 0.247. The van der Waals surface area contributed by atoms with Gasteiger partial charge in [-0.05, 0) is 67.9 Å². The van der Waals surface area contributed by atoms with Gasteiger partial charge in [0.1, 0.15) is 0 Å². The highest BCUT2D eigenvalue weighted by atomic mass is 32.2. The van der Waals surface area contributed by atoms with Gasteiger partial charge in [0, 0.05) is 36.6 Å². The van der Waals surface area contributed by atoms with Crippen molar-refractivity contribution in [2.24, 2.45) is 0 Å². The van der Waals surface area contributed by atoms with Gasteiger partial charge in [0.05, 0.1) is 22.4 Å². The molecule has 0 amide bonds. The topological polar surface area (TPSA) is 57.7 Å². The van der Waals surface area contributed by atoms with Gasteiger partial charge in [-0.2, -0.15) is 0 Å². The molecule has 0 aliphatic heterocycles. The van der Waals surface area contributed by atoms with Crippen molar-refractivity contribution in [2.45, 2.75) is 44.9 Å². The zero-order valence-electron chi connectivity index (χ0n) is 20.4. The van der Waals surface area contributed by atoms with E-state index < -0.39 is 0 Å². The maximum absolute atomic E-state index is 4.75. The normalized spacial score (nSPS) is 11.6. The number of nitrogens with one attached hydrogen (secondary N) is 1. The number of aromatic nitrogens is 4. The molecule has 0 saturated carbocycles. The molecule has 35 heavy (non-hydrogen) atoms. The first kappa shape index (κ1) is 23.5. The lowest BCUT2D eigenvalue weighted by atomic mass is 10.1. The molecule has 0 unspecified atom stereocenters. The van der Waals surface area contributed by atoms with Crippen molar-refractivity contribution in [3.63, 3.8) is 0 Å². The minimum Gasteiger partial charge on any atom is -0.333 e. The lowest BCUT2D eigenvalue weighted by Gasteiger charge is -2.23. The summed E-state index contributed by atoms with van der Waals surface area (Å²) in [6.45, 7) is 6.90. The van der Waals surface area contributed by atoms with Crippen molar-refractivity contribution in [1.29, 1.82) is 0 Å². The van der Waals surface area contributed by atoms with Crippen LogP contribution in [0, 0.1) is 13.8 Å². The number of hydrogen-bond donors (Lipinski definition) is 1. The van der Waals surface area contributed by atoms with Crippen LogP contribution >= 0.6 is 11.8 Å². The van der Waals surface area contributed by atoms with Gasteiger partial charge in [-0.3, -0.25) is 14.9 Å². The van der Waals surface area contributed by atoms with Crippen LogP contribution in [0.25, 0.3) is 21.8 Å². The average molecular weight is 482 g/mol. The molecule has 0 saturated heterocycles. The molecule has 178 valence electrons. The number of aryl methyl sites for hydroxylation is 2. The maximum atomic E-state index is 4.75. The maximum Gasteiger partial charge on any atom is 0.166 e. The zero-order valence-corrected chi connectivity index (χ0v) is 21.2. The smallest absolute Gasteiger partial charge is 0.166 e. The fraction of sp³-hybridized carbons (Fsp3) is 0.276. The fourth-order valence-electron chi connectivity index (χ4n) is 4.46. The number of hydrogen-bond acceptors (Lipinski definition) is 5. The monoisotopic (exact) mass is 481 g/mol. The summed E-state index contributed by atoms with van der Waals surface area (Å²) in [5, 5.41) is 3.47. The van der Waals surface area contributed by atoms with E-state index in [2.05, 4.69) is 77.2 Å². The molecule has 0 bridgehead atoms. The molecular weight excluding hydrogens is 450 g/mol. The summed E-state index contributed by atoms with van der Waals surface area (Å²) in [6, 6.07) is 21.0. The number of pyridine rings is 2. The number of thioether (sulfide) groups is 1. The Balaban J connectivity index is 1.24. The molecule has 1 N–H and O–H groups in total. The fourth-order valence-corrected chi connectivity index (χ4v) is 5.35. The summed E-state index contributed by atoms with van der Waals surface area (Å²) in [4.78, 5) is 20.1. The van der Waals surface area contributed by atoms with Gasteiger partial charge in [-0.1, -0.05) is 54.2 Å². The van der Waals surface area contributed by atoms with Crippen LogP contribution in [0.4, 0.5) is 0 Å². The van der Waals surface area contributed by atoms with Gasteiger partial charge in [0.25, 0.3) is 0 Å². The summed E-state index contributed by atoms with van der Waals surface area (Å²) in [5.41, 5.74) is 6.86. The number of unbranched alkanes of at least 4 members (excludes halogenated alkanes) is 1. The zero-order chi connectivity index (χ0) is 24.0. The van der Waals surface area contributed by atoms with Gasteiger partial charge < -0.3 is 4.98 Å². The Morgan fingerprint density at radius 1 is 0.886 bits per heavy atom. The highest BCUT2D eigenvalue weighted by Crippen LogP contribution is 2.22. The molecule has 5 rings (SSSR count). The Labute approximate surface area is 211 Å². The number of aromatic amines is 1. The second-order valence-corrected chi connectivity index (χ2v) is 10.2. The number of fused-ring (bicyclic) bond motifs is 2. The van der Waals surface area contributed by atoms with Gasteiger partial charge in [-0.15, -0.1) is 0 Å². The highest BCUT2D eigenvalue weighted by molar-refractivity contribution is 7.99. The number of para-hydroxylation sites is 2. The number of nitrogens with zero attached hydrogens (tertiary/aromatic N) is 4. The second kappa shape index (κ2) is 11.0. The van der Waals surface area contributed by atoms with E-state index in [0.717, 1.165) is 65.8 Å². The third-order valence-electron chi connectivity index (χ3n) is 6.30. The van der Waals surface area contributed by atoms with E-state index in [1.165, 1.54) is 21.9 Å². The molecule has 0 spiro atoms. The van der Waals surface area contributed by atoms with Gasteiger partial charge in [0.2, 0.25) is 0 Å². The first-order valence-corrected chi connectivity index (χ1v) is 13.2. The molecule has 2 aromatic carbocycles. The molecule has 3 aromatic heterocycles. The van der Waals surface area contributed by atoms with Crippen LogP contribution in [-0.4, -0.2) is 37.1 Å². The van der Waals surface area contributed by atoms with Crippen molar-refractivity contribution >= 4 is 33.6 Å². The summed E-state index contributed by atoms with van der Waals surface area (Å²) in [5.74, 6) is 1.04. The average Bonchev–Trinajstić information content (AvgIpc) is 3.28. The van der Waals surface area contributed by atoms with Crippen molar-refractivity contribution < 1.29 is 0 Å². The van der Waals surface area contributed by atoms with E-state index in [-0.39, 0.29) is 0 Å². The van der Waals surface area contributed by atoms with Crippen LogP contribution in [0.2, 0.25) is 0 Å². The predicted molar refractivity (Wildman–Crippen MR) is 146 cm³/mol. The van der Waals surface area contributed by atoms with E-state index in [0.29, 0.717) is 0 Å². The van der Waals surface area contributed by atoms with E-state index in [1.807, 2.05) is 24.5 Å². The molecule has 6 heteroatoms. The third-order valence-corrected chi connectivity index (χ3v) is 7.26. The van der Waals surface area contributed by atoms with Crippen LogP contribution in [0.15, 0.2) is 78.2 Å². The van der Waals surface area contributed by atoms with Crippen molar-refractivity contribution in [3.8, 4) is 0 Å². The lowest BCUT2D eigenvalue weighted by Crippen LogP contribution is -2.26. The number of H-pyrrole nitrogens is 1. The number of rotatable bonds is 10. The largest absolute Gasteiger partial charge is 0.333 e. The number of imidazole rings is 1. The van der Waals surface area contributed by atoms with Crippen LogP contribution in [0.1, 0.15) is 35.4 Å². The first-order valence-electron chi connectivity index (χ1n) is 12.2. The number of benzene rings is 2. The Morgan fingerprint density at radius 3 is 2.60 bits per heavy atom. The standard InChI is InChI=1S/C29H31N5S/c1-21-17-22(2)27(31-18-21)19-34(20-28-24-10-4-3-9-23(24)13-14-30-28)15-7-8-16-35-29-32-25-11-5-6-12-26(25)33-29/h3-6,9-14,17-18H,7-8,15-16,19-20H2,1-2H3,(H,32,33). The van der Waals surface area contributed by atoms with Gasteiger partial charge in [0.15, 0.2) is 5.16 Å². The molecule has 0 atom stereocenters. The van der Waals surface area contributed by atoms with Gasteiger partial charge >= 0.3 is 0 Å². The molecule has 0 fully saturated rings. The summed E-state index contributed by atoms with van der Waals surface area (Å²) < 4.78 is 0. The van der Waals surface area contributed by atoms with Gasteiger partial charge in [-0.25, -0.2) is 4.98 Å². The Bertz CT molecular complexity index is 1390. The Kier molecular flexibility index (Phi) is 7.40. The van der Waals surface area contributed by atoms with E-state index in [9.17, 15) is 0 Å². The van der Waals surface area contributed by atoms with Crippen LogP contribution < -0.4 is 0 Å². The molecule has 0 radical (unpaired) electrons. The molecular formula is C29H31N5S. The van der Waals surface area contributed by atoms with Crippen molar-refractivity contribution in [2.75, 3.05) is 12.3 Å². The van der Waals surface area contributed by atoms with E-state index in [1.54, 1.807) is 11.8 Å². The van der Waals surface area contributed by atoms with E-state index >= 15 is 0 Å². The second-order valence-electron chi connectivity index (χ2n) is 9.08. The van der Waals surface area contributed by atoms with Crippen LogP contribution in [-0.2, 0) is 13.1 Å². The summed E-state index contributed by atoms with van der Waals surface area (Å²) >= 11 is 1.80. The molecule has 5 nitrogen and oxygen atoms in total. The Hall–Kier alpha value is -3.22. The van der Waals surface area contributed by atoms with Crippen molar-refractivity contribution in [1.82, 2.24) is 24.8 Å². The van der Waals surface area contributed by atoms with Crippen molar-refractivity contribution in [3.05, 3.63) is 95.6 Å². The first-order chi connectivity index (χ1) is 17.2. The predicted octanol–water partition coefficient (Wildman–Crippen LogP) is 6.70. The molecule has 0 aliphatic rings. The molecule has 0 aliphatic carbocycles. The third kappa shape index (κ3) is 5.89. The highest BCUT2D eigenvalue weighted by Gasteiger charge is 2.13. The molecule has 3 heterocycles. The summed E-state index contributed by atoms with van der Waals surface area (Å²) in [7, 11) is 0. The summed E-state index contributed by atoms with van der Waals surface area (Å²) in [6.07, 6.45) is 6.14. The van der Waals surface area contributed by atoms with Crippen LogP contribution in [0.5, 0.6) is 0 Å². The van der Waals surface area contributed by atoms with E-state index in [4.69, 9.17) is 9.97 Å². The minimum atomic E-state index is 0.813. The quantitative estimate of drug-likeness (QED) is 0.178. The minimum absolute atomic E-state index is 0.813. The Morgan fingerprint density at radius 2 is 1.71 bits per heavy atom.